The maximum absolute atomic E-state index is 14.7. The highest BCUT2D eigenvalue weighted by Gasteiger charge is 2.05. The zero-order chi connectivity index (χ0) is 24.9. The number of unbranched alkanes of at least 4 members (excludes halogenated alkanes) is 3. The third kappa shape index (κ3) is 8.64. The number of ether oxygens (including phenoxy) is 1. The second-order valence-electron chi connectivity index (χ2n) is 9.23. The molecule has 0 bridgehead atoms. The molecule has 3 aromatic carbocycles. The molecule has 1 nitrogen and oxygen atoms in total. The minimum atomic E-state index is -0.187. The van der Waals surface area contributed by atoms with Gasteiger partial charge in [-0.25, -0.2) is 4.39 Å². The summed E-state index contributed by atoms with van der Waals surface area (Å²) >= 11 is 0. The van der Waals surface area contributed by atoms with Crippen LogP contribution in [0, 0.1) is 5.82 Å². The molecule has 0 fully saturated rings. The fraction of sp³-hybridized carbons (Fsp3) is 0.333. The molecule has 1 unspecified atom stereocenters. The van der Waals surface area contributed by atoms with Gasteiger partial charge in [0.2, 0.25) is 0 Å². The van der Waals surface area contributed by atoms with Crippen LogP contribution in [0.1, 0.15) is 63.5 Å². The normalized spacial score (nSPS) is 12.2. The lowest BCUT2D eigenvalue weighted by molar-refractivity contribution is 0.0566. The van der Waals surface area contributed by atoms with E-state index in [1.54, 1.807) is 6.07 Å². The molecule has 3 aromatic rings. The van der Waals surface area contributed by atoms with Crippen LogP contribution in [-0.4, -0.2) is 12.7 Å². The monoisotopic (exact) mass is 470 g/mol. The Balaban J connectivity index is 1.51. The first-order valence-corrected chi connectivity index (χ1v) is 13.0. The van der Waals surface area contributed by atoms with E-state index in [-0.39, 0.29) is 5.82 Å². The van der Waals surface area contributed by atoms with Crippen LogP contribution in [0.4, 0.5) is 4.39 Å². The van der Waals surface area contributed by atoms with Gasteiger partial charge < -0.3 is 4.74 Å². The largest absolute Gasteiger partial charge is 0.379 e. The highest BCUT2D eigenvalue weighted by molar-refractivity contribution is 5.71. The van der Waals surface area contributed by atoms with Crippen LogP contribution in [0.3, 0.4) is 0 Å². The van der Waals surface area contributed by atoms with Crippen LogP contribution in [0.2, 0.25) is 0 Å². The summed E-state index contributed by atoms with van der Waals surface area (Å²) in [6.07, 6.45) is 13.7. The van der Waals surface area contributed by atoms with E-state index in [1.165, 1.54) is 24.0 Å². The van der Waals surface area contributed by atoms with Gasteiger partial charge in [-0.2, -0.15) is 0 Å². The molecule has 1 atom stereocenters. The summed E-state index contributed by atoms with van der Waals surface area (Å²) in [5.41, 5.74) is 6.12. The Morgan fingerprint density at radius 1 is 0.857 bits per heavy atom. The highest BCUT2D eigenvalue weighted by atomic mass is 19.1. The van der Waals surface area contributed by atoms with E-state index in [9.17, 15) is 4.39 Å². The summed E-state index contributed by atoms with van der Waals surface area (Å²) < 4.78 is 20.6. The van der Waals surface area contributed by atoms with Gasteiger partial charge in [0.15, 0.2) is 0 Å². The van der Waals surface area contributed by atoms with Crippen LogP contribution in [-0.2, 0) is 11.2 Å². The van der Waals surface area contributed by atoms with Gasteiger partial charge >= 0.3 is 0 Å². The molecule has 3 rings (SSSR count). The summed E-state index contributed by atoms with van der Waals surface area (Å²) in [6.45, 7) is 8.99. The molecule has 0 saturated heterocycles. The lowest BCUT2D eigenvalue weighted by Gasteiger charge is -2.12. The van der Waals surface area contributed by atoms with Crippen molar-refractivity contribution >= 4 is 6.08 Å². The predicted octanol–water partition coefficient (Wildman–Crippen LogP) is 9.67. The van der Waals surface area contributed by atoms with Gasteiger partial charge in [-0.1, -0.05) is 98.7 Å². The molecule has 0 N–H and O–H groups in total. The number of benzene rings is 3. The summed E-state index contributed by atoms with van der Waals surface area (Å²) in [6, 6.07) is 22.3. The average molecular weight is 471 g/mol. The zero-order valence-electron chi connectivity index (χ0n) is 21.3. The molecule has 0 spiro atoms. The molecule has 0 aliphatic heterocycles. The average Bonchev–Trinajstić information content (AvgIpc) is 2.88. The van der Waals surface area contributed by atoms with Crippen molar-refractivity contribution in [3.63, 3.8) is 0 Å². The predicted molar refractivity (Wildman–Crippen MR) is 149 cm³/mol. The molecule has 0 amide bonds. The number of rotatable bonds is 14. The smallest absolute Gasteiger partial charge is 0.131 e. The maximum atomic E-state index is 14.7. The lowest BCUT2D eigenvalue weighted by Crippen LogP contribution is -2.08. The van der Waals surface area contributed by atoms with Crippen LogP contribution in [0.25, 0.3) is 28.3 Å². The van der Waals surface area contributed by atoms with Gasteiger partial charge in [-0.05, 0) is 72.9 Å². The first-order chi connectivity index (χ1) is 17.1. The second-order valence-corrected chi connectivity index (χ2v) is 9.23. The Labute approximate surface area is 211 Å². The number of halogens is 1. The van der Waals surface area contributed by atoms with E-state index in [4.69, 9.17) is 4.74 Å². The van der Waals surface area contributed by atoms with Gasteiger partial charge in [0.1, 0.15) is 5.82 Å². The minimum Gasteiger partial charge on any atom is -0.379 e. The molecule has 0 radical (unpaired) electrons. The third-order valence-corrected chi connectivity index (χ3v) is 6.32. The van der Waals surface area contributed by atoms with Gasteiger partial charge in [-0.3, -0.25) is 0 Å². The molecular formula is C33H39FO. The van der Waals surface area contributed by atoms with Gasteiger partial charge in [0.25, 0.3) is 0 Å². The Morgan fingerprint density at radius 2 is 1.49 bits per heavy atom. The van der Waals surface area contributed by atoms with E-state index in [0.717, 1.165) is 55.4 Å². The molecular weight excluding hydrogens is 431 g/mol. The molecule has 184 valence electrons. The number of hydrogen-bond acceptors (Lipinski definition) is 1. The Hall–Kier alpha value is -2.97. The Bertz CT molecular complexity index is 1060. The maximum Gasteiger partial charge on any atom is 0.131 e. The molecule has 0 heterocycles. The van der Waals surface area contributed by atoms with E-state index >= 15 is 0 Å². The first-order valence-electron chi connectivity index (χ1n) is 13.0. The Morgan fingerprint density at radius 3 is 2.11 bits per heavy atom. The third-order valence-electron chi connectivity index (χ3n) is 6.32. The van der Waals surface area contributed by atoms with Crippen molar-refractivity contribution in [2.75, 3.05) is 6.61 Å². The van der Waals surface area contributed by atoms with Crippen molar-refractivity contribution in [1.82, 2.24) is 0 Å². The molecule has 35 heavy (non-hydrogen) atoms. The van der Waals surface area contributed by atoms with Gasteiger partial charge in [-0.15, -0.1) is 6.58 Å². The van der Waals surface area contributed by atoms with Gasteiger partial charge in [0, 0.05) is 12.2 Å². The summed E-state index contributed by atoms with van der Waals surface area (Å²) in [5, 5.41) is 0. The fourth-order valence-electron chi connectivity index (χ4n) is 4.15. The van der Waals surface area contributed by atoms with Crippen molar-refractivity contribution in [3.05, 3.63) is 102 Å². The van der Waals surface area contributed by atoms with Crippen LogP contribution in [0.15, 0.2) is 85.5 Å². The van der Waals surface area contributed by atoms with Crippen molar-refractivity contribution in [1.29, 1.82) is 0 Å². The van der Waals surface area contributed by atoms with E-state index in [2.05, 4.69) is 75.0 Å². The van der Waals surface area contributed by atoms with Crippen LogP contribution in [0.5, 0.6) is 0 Å². The molecule has 0 saturated carbocycles. The van der Waals surface area contributed by atoms with Crippen molar-refractivity contribution in [3.8, 4) is 22.3 Å². The molecule has 0 aliphatic carbocycles. The molecule has 0 aliphatic rings. The quantitative estimate of drug-likeness (QED) is 0.168. The molecule has 0 aromatic heterocycles. The van der Waals surface area contributed by atoms with E-state index in [0.29, 0.717) is 11.7 Å². The molecule has 2 heteroatoms. The van der Waals surface area contributed by atoms with Crippen LogP contribution >= 0.6 is 0 Å². The SMILES string of the molecule is C=CCc1ccc(-c2ccc(-c3ccc(C=CCCCC(C)OCCCCC)c(F)c3)cc2)cc1. The van der Waals surface area contributed by atoms with Crippen LogP contribution < -0.4 is 0 Å². The standard InChI is InChI=1S/C33H39FO/c1-4-6-10-24-35-26(3)12-8-7-9-13-31-22-23-32(25-33(31)34)30-20-18-29(19-21-30)28-16-14-27(11-5-2)15-17-28/h5,9,13-23,25-26H,2,4,6-8,10-12,24H2,1,3H3. The highest BCUT2D eigenvalue weighted by Crippen LogP contribution is 2.27. The zero-order valence-corrected chi connectivity index (χ0v) is 21.3. The van der Waals surface area contributed by atoms with E-state index in [1.807, 2.05) is 24.3 Å². The first kappa shape index (κ1) is 26.6. The second kappa shape index (κ2) is 14.4. The summed E-state index contributed by atoms with van der Waals surface area (Å²) in [7, 11) is 0. The Kier molecular flexibility index (Phi) is 11.0. The van der Waals surface area contributed by atoms with Crippen molar-refractivity contribution in [2.45, 2.75) is 64.9 Å². The van der Waals surface area contributed by atoms with Crippen molar-refractivity contribution in [2.24, 2.45) is 0 Å². The number of allylic oxidation sites excluding steroid dienone is 2. The fourth-order valence-corrected chi connectivity index (χ4v) is 4.15. The topological polar surface area (TPSA) is 9.23 Å². The van der Waals surface area contributed by atoms with E-state index < -0.39 is 0 Å². The van der Waals surface area contributed by atoms with Gasteiger partial charge in [0.05, 0.1) is 6.10 Å². The van der Waals surface area contributed by atoms with Crippen molar-refractivity contribution < 1.29 is 9.13 Å². The number of hydrogen-bond donors (Lipinski definition) is 0. The minimum absolute atomic E-state index is 0.187. The summed E-state index contributed by atoms with van der Waals surface area (Å²) in [4.78, 5) is 0. The summed E-state index contributed by atoms with van der Waals surface area (Å²) in [5.74, 6) is -0.187. The lowest BCUT2D eigenvalue weighted by atomic mass is 9.98.